The topological polar surface area (TPSA) is 88.5 Å². The quantitative estimate of drug-likeness (QED) is 0.790. The number of aromatic nitrogens is 1. The van der Waals surface area contributed by atoms with Crippen molar-refractivity contribution < 1.29 is 18.3 Å². The second kappa shape index (κ2) is 6.72. The van der Waals surface area contributed by atoms with Gasteiger partial charge in [-0.2, -0.15) is 0 Å². The number of ether oxygens (including phenoxy) is 1. The molecule has 1 aromatic heterocycles. The number of nitrogens with zero attached hydrogens (tertiary/aromatic N) is 1. The van der Waals surface area contributed by atoms with Gasteiger partial charge in [-0.15, -0.1) is 0 Å². The van der Waals surface area contributed by atoms with Gasteiger partial charge in [0, 0.05) is 12.3 Å². The second-order valence-electron chi connectivity index (χ2n) is 5.43. The summed E-state index contributed by atoms with van der Waals surface area (Å²) >= 11 is 0. The zero-order valence-corrected chi connectivity index (χ0v) is 13.1. The number of nitrogens with one attached hydrogen (secondary N) is 1. The van der Waals surface area contributed by atoms with Crippen molar-refractivity contribution in [1.82, 2.24) is 9.71 Å². The molecule has 0 aliphatic heterocycles. The largest absolute Gasteiger partial charge is 0.481 e. The van der Waals surface area contributed by atoms with E-state index in [-0.39, 0.29) is 23.8 Å². The molecule has 1 aliphatic rings. The van der Waals surface area contributed by atoms with Crippen LogP contribution in [-0.4, -0.2) is 37.5 Å². The van der Waals surface area contributed by atoms with E-state index < -0.39 is 10.0 Å². The molecule has 0 spiro atoms. The molecule has 21 heavy (non-hydrogen) atoms. The lowest BCUT2D eigenvalue weighted by atomic mass is 9.76. The normalized spacial score (nSPS) is 23.4. The van der Waals surface area contributed by atoms with Crippen LogP contribution in [-0.2, 0) is 10.0 Å². The molecule has 0 amide bonds. The summed E-state index contributed by atoms with van der Waals surface area (Å²) in [7, 11) is -1.79. The molecule has 0 unspecified atom stereocenters. The van der Waals surface area contributed by atoms with E-state index in [1.54, 1.807) is 12.3 Å². The Balaban J connectivity index is 2.19. The molecule has 1 aliphatic carbocycles. The number of hydrogen-bond donors (Lipinski definition) is 2. The molecule has 1 atom stereocenters. The fourth-order valence-corrected chi connectivity index (χ4v) is 3.93. The Morgan fingerprint density at radius 3 is 2.67 bits per heavy atom. The van der Waals surface area contributed by atoms with Gasteiger partial charge in [0.05, 0.1) is 25.0 Å². The van der Waals surface area contributed by atoms with Gasteiger partial charge in [0.25, 0.3) is 0 Å². The van der Waals surface area contributed by atoms with Crippen LogP contribution in [0.15, 0.2) is 18.3 Å². The molecule has 0 aromatic carbocycles. The van der Waals surface area contributed by atoms with Crippen LogP contribution in [0.2, 0.25) is 0 Å². The van der Waals surface area contributed by atoms with Crippen LogP contribution >= 0.6 is 0 Å². The lowest BCUT2D eigenvalue weighted by molar-refractivity contribution is 0.0279. The third-order valence-electron chi connectivity index (χ3n) is 3.73. The molecule has 1 aromatic rings. The van der Waals surface area contributed by atoms with Gasteiger partial charge in [0.15, 0.2) is 0 Å². The Kier molecular flexibility index (Phi) is 5.18. The summed E-state index contributed by atoms with van der Waals surface area (Å²) in [5.74, 6) is 0.687. The average Bonchev–Trinajstić information content (AvgIpc) is 2.42. The standard InChI is InChI=1S/C14H22N2O4S/c1-3-6-21(18,19)16-14(11-7-12(17)8-11)10-4-5-13(20-2)15-9-10/h4-5,9,11-12,14,16-17H,3,6-8H2,1-2H3/t11?,12?,14-/m1/s1. The highest BCUT2D eigenvalue weighted by molar-refractivity contribution is 7.89. The zero-order chi connectivity index (χ0) is 15.5. The third kappa shape index (κ3) is 4.15. The Bertz CT molecular complexity index is 553. The number of hydrogen-bond acceptors (Lipinski definition) is 5. The van der Waals surface area contributed by atoms with Crippen molar-refractivity contribution in [3.05, 3.63) is 23.9 Å². The van der Waals surface area contributed by atoms with E-state index in [1.165, 1.54) is 7.11 Å². The highest BCUT2D eigenvalue weighted by atomic mass is 32.2. The van der Waals surface area contributed by atoms with E-state index in [9.17, 15) is 13.5 Å². The highest BCUT2D eigenvalue weighted by Crippen LogP contribution is 2.38. The van der Waals surface area contributed by atoms with Crippen LogP contribution < -0.4 is 9.46 Å². The van der Waals surface area contributed by atoms with E-state index >= 15 is 0 Å². The summed E-state index contributed by atoms with van der Waals surface area (Å²) in [6.45, 7) is 1.83. The summed E-state index contributed by atoms with van der Waals surface area (Å²) in [6, 6.07) is 3.18. The van der Waals surface area contributed by atoms with Crippen LogP contribution in [0.5, 0.6) is 5.88 Å². The summed E-state index contributed by atoms with van der Waals surface area (Å²) in [4.78, 5) is 4.13. The Morgan fingerprint density at radius 1 is 1.48 bits per heavy atom. The van der Waals surface area contributed by atoms with Crippen molar-refractivity contribution >= 4 is 10.0 Å². The molecule has 6 nitrogen and oxygen atoms in total. The van der Waals surface area contributed by atoms with Gasteiger partial charge < -0.3 is 9.84 Å². The zero-order valence-electron chi connectivity index (χ0n) is 12.3. The SMILES string of the molecule is CCCS(=O)(=O)N[C@H](c1ccc(OC)nc1)C1CC(O)C1. The Morgan fingerprint density at radius 2 is 2.19 bits per heavy atom. The summed E-state index contributed by atoms with van der Waals surface area (Å²) in [6.07, 6.45) is 3.06. The second-order valence-corrected chi connectivity index (χ2v) is 7.31. The molecule has 0 bridgehead atoms. The first-order valence-electron chi connectivity index (χ1n) is 7.13. The maximum Gasteiger partial charge on any atom is 0.212 e. The minimum atomic E-state index is -3.32. The van der Waals surface area contributed by atoms with E-state index in [2.05, 4.69) is 9.71 Å². The van der Waals surface area contributed by atoms with Gasteiger partial charge in [-0.05, 0) is 30.7 Å². The molecule has 1 saturated carbocycles. The molecular weight excluding hydrogens is 292 g/mol. The first-order chi connectivity index (χ1) is 9.95. The van der Waals surface area contributed by atoms with Gasteiger partial charge in [-0.3, -0.25) is 0 Å². The summed E-state index contributed by atoms with van der Waals surface area (Å²) < 4.78 is 31.9. The van der Waals surface area contributed by atoms with Crippen molar-refractivity contribution in [2.24, 2.45) is 5.92 Å². The predicted molar refractivity (Wildman–Crippen MR) is 79.5 cm³/mol. The van der Waals surface area contributed by atoms with Gasteiger partial charge >= 0.3 is 0 Å². The van der Waals surface area contributed by atoms with Gasteiger partial charge in [-0.25, -0.2) is 18.1 Å². The first-order valence-corrected chi connectivity index (χ1v) is 8.78. The number of aliphatic hydroxyl groups is 1. The molecule has 0 radical (unpaired) electrons. The Hall–Kier alpha value is -1.18. The van der Waals surface area contributed by atoms with Gasteiger partial charge in [-0.1, -0.05) is 13.0 Å². The van der Waals surface area contributed by atoms with Gasteiger partial charge in [0.1, 0.15) is 0 Å². The van der Waals surface area contributed by atoms with E-state index in [0.29, 0.717) is 25.1 Å². The van der Waals surface area contributed by atoms with Crippen LogP contribution in [0.1, 0.15) is 37.8 Å². The predicted octanol–water partition coefficient (Wildman–Crippen LogP) is 1.23. The van der Waals surface area contributed by atoms with E-state index in [4.69, 9.17) is 4.74 Å². The molecule has 0 saturated heterocycles. The number of aliphatic hydroxyl groups excluding tert-OH is 1. The van der Waals surface area contributed by atoms with Crippen molar-refractivity contribution in [2.45, 2.75) is 38.3 Å². The van der Waals surface area contributed by atoms with Crippen LogP contribution in [0.3, 0.4) is 0 Å². The fraction of sp³-hybridized carbons (Fsp3) is 0.643. The molecule has 118 valence electrons. The number of sulfonamides is 1. The third-order valence-corrected chi connectivity index (χ3v) is 5.29. The molecular formula is C14H22N2O4S. The summed E-state index contributed by atoms with van der Waals surface area (Å²) in [5.41, 5.74) is 0.798. The van der Waals surface area contributed by atoms with Crippen LogP contribution in [0.25, 0.3) is 0 Å². The monoisotopic (exact) mass is 314 g/mol. The Labute approximate surface area is 125 Å². The number of pyridine rings is 1. The summed E-state index contributed by atoms with van der Waals surface area (Å²) in [5, 5.41) is 9.49. The van der Waals surface area contributed by atoms with Crippen molar-refractivity contribution in [1.29, 1.82) is 0 Å². The molecule has 1 fully saturated rings. The molecule has 2 N–H and O–H groups in total. The van der Waals surface area contributed by atoms with Crippen molar-refractivity contribution in [3.8, 4) is 5.88 Å². The minimum Gasteiger partial charge on any atom is -0.481 e. The van der Waals surface area contributed by atoms with Crippen LogP contribution in [0, 0.1) is 5.92 Å². The maximum atomic E-state index is 12.0. The van der Waals surface area contributed by atoms with E-state index in [1.807, 2.05) is 13.0 Å². The molecule has 2 rings (SSSR count). The van der Waals surface area contributed by atoms with E-state index in [0.717, 1.165) is 5.56 Å². The van der Waals surface area contributed by atoms with Gasteiger partial charge in [0.2, 0.25) is 15.9 Å². The maximum absolute atomic E-state index is 12.0. The van der Waals surface area contributed by atoms with Crippen LogP contribution in [0.4, 0.5) is 0 Å². The average molecular weight is 314 g/mol. The lowest BCUT2D eigenvalue weighted by Gasteiger charge is -2.38. The first kappa shape index (κ1) is 16.2. The van der Waals surface area contributed by atoms with Crippen molar-refractivity contribution in [2.75, 3.05) is 12.9 Å². The molecule has 1 heterocycles. The molecule has 7 heteroatoms. The lowest BCUT2D eigenvalue weighted by Crippen LogP contribution is -2.42. The number of methoxy groups -OCH3 is 1. The smallest absolute Gasteiger partial charge is 0.212 e. The number of rotatable bonds is 7. The fourth-order valence-electron chi connectivity index (χ4n) is 2.56. The minimum absolute atomic E-state index is 0.0989. The highest BCUT2D eigenvalue weighted by Gasteiger charge is 2.36. The van der Waals surface area contributed by atoms with Crippen molar-refractivity contribution in [3.63, 3.8) is 0 Å².